The Bertz CT molecular complexity index is 388. The maximum Gasteiger partial charge on any atom is 0.126 e. The second-order valence-corrected chi connectivity index (χ2v) is 11.2. The van der Waals surface area contributed by atoms with E-state index in [-0.39, 0.29) is 0 Å². The van der Waals surface area contributed by atoms with E-state index in [0.717, 1.165) is 5.75 Å². The lowest BCUT2D eigenvalue weighted by atomic mass is 10.2. The fourth-order valence-corrected chi connectivity index (χ4v) is 3.61. The Morgan fingerprint density at radius 3 is 2.59 bits per heavy atom. The molecule has 2 heteroatoms. The Morgan fingerprint density at radius 1 is 1.41 bits per heavy atom. The highest BCUT2D eigenvalue weighted by molar-refractivity contribution is 6.92. The van der Waals surface area contributed by atoms with Crippen molar-refractivity contribution < 1.29 is 4.74 Å². The van der Waals surface area contributed by atoms with Crippen LogP contribution in [0.4, 0.5) is 0 Å². The van der Waals surface area contributed by atoms with E-state index < -0.39 is 8.07 Å². The first kappa shape index (κ1) is 14.0. The first-order chi connectivity index (χ1) is 7.80. The van der Waals surface area contributed by atoms with Crippen LogP contribution in [-0.2, 0) is 0 Å². The van der Waals surface area contributed by atoms with Gasteiger partial charge in [-0.2, -0.15) is 0 Å². The summed E-state index contributed by atoms with van der Waals surface area (Å²) in [6.45, 7) is 15.9. The lowest BCUT2D eigenvalue weighted by Crippen LogP contribution is -2.49. The van der Waals surface area contributed by atoms with Gasteiger partial charge in [0.2, 0.25) is 0 Å². The normalized spacial score (nSPS) is 12.3. The van der Waals surface area contributed by atoms with Gasteiger partial charge in [-0.1, -0.05) is 64.7 Å². The molecular formula is C15H23OSi. The van der Waals surface area contributed by atoms with Crippen LogP contribution in [0, 0.1) is 6.07 Å². The molecule has 1 aromatic carbocycles. The van der Waals surface area contributed by atoms with Gasteiger partial charge in [0.1, 0.15) is 12.4 Å². The summed E-state index contributed by atoms with van der Waals surface area (Å²) in [6.07, 6.45) is 1.77. The Kier molecular flexibility index (Phi) is 4.20. The van der Waals surface area contributed by atoms with Crippen molar-refractivity contribution >= 4 is 13.3 Å². The molecule has 0 aromatic heterocycles. The average Bonchev–Trinajstić information content (AvgIpc) is 2.25. The Labute approximate surface area is 107 Å². The van der Waals surface area contributed by atoms with Crippen LogP contribution in [0.3, 0.4) is 0 Å². The van der Waals surface area contributed by atoms with Crippen molar-refractivity contribution in [1.82, 2.24) is 0 Å². The van der Waals surface area contributed by atoms with Crippen LogP contribution < -0.4 is 9.92 Å². The van der Waals surface area contributed by atoms with Crippen molar-refractivity contribution in [3.63, 3.8) is 0 Å². The number of para-hydroxylation sites is 1. The molecule has 0 amide bonds. The third kappa shape index (κ3) is 3.00. The summed E-state index contributed by atoms with van der Waals surface area (Å²) in [7, 11) is -1.57. The van der Waals surface area contributed by atoms with Gasteiger partial charge >= 0.3 is 0 Å². The maximum atomic E-state index is 5.73. The molecule has 1 aromatic rings. The Balaban J connectivity index is 3.16. The van der Waals surface area contributed by atoms with Crippen molar-refractivity contribution in [2.45, 2.75) is 38.9 Å². The van der Waals surface area contributed by atoms with Crippen molar-refractivity contribution in [3.05, 3.63) is 36.9 Å². The molecular weight excluding hydrogens is 224 g/mol. The number of rotatable bonds is 4. The zero-order valence-corrected chi connectivity index (χ0v) is 12.6. The highest BCUT2D eigenvalue weighted by Gasteiger charge is 2.38. The standard InChI is InChI=1S/C15H23OSi/c1-7-12-16-13-10-8-9-11-14(13)17(5,6)15(2,3)4/h7-9,11H,1,12H2,2-6H3. The molecule has 0 spiro atoms. The number of benzene rings is 1. The summed E-state index contributed by atoms with van der Waals surface area (Å²) in [6, 6.07) is 9.37. The van der Waals surface area contributed by atoms with Crippen LogP contribution in [0.1, 0.15) is 20.8 Å². The Morgan fingerprint density at radius 2 is 2.06 bits per heavy atom. The molecule has 93 valence electrons. The van der Waals surface area contributed by atoms with Crippen molar-refractivity contribution in [3.8, 4) is 5.75 Å². The number of hydrogen-bond acceptors (Lipinski definition) is 1. The fraction of sp³-hybridized carbons (Fsp3) is 0.467. The zero-order chi connectivity index (χ0) is 13.1. The highest BCUT2D eigenvalue weighted by atomic mass is 28.3. The second-order valence-electron chi connectivity index (χ2n) is 5.89. The van der Waals surface area contributed by atoms with E-state index in [2.05, 4.69) is 58.6 Å². The summed E-state index contributed by atoms with van der Waals surface area (Å²) in [4.78, 5) is 0. The first-order valence-corrected chi connectivity index (χ1v) is 9.05. The topological polar surface area (TPSA) is 9.23 Å². The summed E-state index contributed by atoms with van der Waals surface area (Å²) in [5.74, 6) is 0.902. The van der Waals surface area contributed by atoms with Gasteiger partial charge in [0.25, 0.3) is 0 Å². The van der Waals surface area contributed by atoms with Gasteiger partial charge in [-0.3, -0.25) is 0 Å². The van der Waals surface area contributed by atoms with Gasteiger partial charge in [-0.15, -0.1) is 0 Å². The molecule has 1 rings (SSSR count). The predicted octanol–water partition coefficient (Wildman–Crippen LogP) is 3.77. The quantitative estimate of drug-likeness (QED) is 0.581. The van der Waals surface area contributed by atoms with Gasteiger partial charge in [0.15, 0.2) is 0 Å². The Hall–Kier alpha value is -1.02. The van der Waals surface area contributed by atoms with E-state index in [4.69, 9.17) is 4.74 Å². The summed E-state index contributed by atoms with van der Waals surface area (Å²) < 4.78 is 5.73. The summed E-state index contributed by atoms with van der Waals surface area (Å²) in [5, 5.41) is 1.64. The number of ether oxygens (including phenoxy) is 1. The van der Waals surface area contributed by atoms with E-state index in [9.17, 15) is 0 Å². The molecule has 0 aliphatic rings. The van der Waals surface area contributed by atoms with Gasteiger partial charge in [0, 0.05) is 6.07 Å². The third-order valence-corrected chi connectivity index (χ3v) is 9.20. The van der Waals surface area contributed by atoms with Crippen LogP contribution in [0.5, 0.6) is 5.75 Å². The minimum Gasteiger partial charge on any atom is -0.489 e. The van der Waals surface area contributed by atoms with Crippen LogP contribution in [0.15, 0.2) is 30.9 Å². The third-order valence-electron chi connectivity index (χ3n) is 3.71. The van der Waals surface area contributed by atoms with Crippen molar-refractivity contribution in [1.29, 1.82) is 0 Å². The minimum absolute atomic E-state index is 0.300. The summed E-state index contributed by atoms with van der Waals surface area (Å²) in [5.41, 5.74) is 0. The van der Waals surface area contributed by atoms with E-state index in [1.165, 1.54) is 5.19 Å². The van der Waals surface area contributed by atoms with Gasteiger partial charge in [-0.05, 0) is 10.2 Å². The molecule has 0 aliphatic heterocycles. The second kappa shape index (κ2) is 5.09. The van der Waals surface area contributed by atoms with E-state index in [0.29, 0.717) is 11.6 Å². The molecule has 0 saturated carbocycles. The van der Waals surface area contributed by atoms with Gasteiger partial charge in [0.05, 0.1) is 8.07 Å². The molecule has 17 heavy (non-hydrogen) atoms. The molecule has 0 heterocycles. The molecule has 0 N–H and O–H groups in total. The molecule has 0 aliphatic carbocycles. The maximum absolute atomic E-state index is 5.73. The van der Waals surface area contributed by atoms with E-state index in [1.54, 1.807) is 6.08 Å². The molecule has 0 saturated heterocycles. The lowest BCUT2D eigenvalue weighted by Gasteiger charge is -2.38. The summed E-state index contributed by atoms with van der Waals surface area (Å²) >= 11 is 0. The highest BCUT2D eigenvalue weighted by Crippen LogP contribution is 2.37. The van der Waals surface area contributed by atoms with Crippen LogP contribution in [0.25, 0.3) is 0 Å². The van der Waals surface area contributed by atoms with Crippen LogP contribution in [0.2, 0.25) is 18.1 Å². The average molecular weight is 247 g/mol. The van der Waals surface area contributed by atoms with Crippen molar-refractivity contribution in [2.24, 2.45) is 0 Å². The zero-order valence-electron chi connectivity index (χ0n) is 11.6. The molecule has 0 atom stereocenters. The fourth-order valence-electron chi connectivity index (χ4n) is 1.58. The smallest absolute Gasteiger partial charge is 0.126 e. The molecule has 0 bridgehead atoms. The minimum atomic E-state index is -1.57. The van der Waals surface area contributed by atoms with E-state index >= 15 is 0 Å². The number of hydrogen-bond donors (Lipinski definition) is 0. The largest absolute Gasteiger partial charge is 0.489 e. The van der Waals surface area contributed by atoms with Crippen molar-refractivity contribution in [2.75, 3.05) is 6.61 Å². The molecule has 0 unspecified atom stereocenters. The van der Waals surface area contributed by atoms with Crippen LogP contribution >= 0.6 is 0 Å². The lowest BCUT2D eigenvalue weighted by molar-refractivity contribution is 0.365. The van der Waals surface area contributed by atoms with Crippen LogP contribution in [-0.4, -0.2) is 14.7 Å². The van der Waals surface area contributed by atoms with Gasteiger partial charge < -0.3 is 4.74 Å². The molecule has 1 nitrogen and oxygen atoms in total. The molecule has 1 radical (unpaired) electrons. The first-order valence-electron chi connectivity index (χ1n) is 6.05. The SMILES string of the molecule is C=CCOc1[c]cccc1[Si](C)(C)C(C)(C)C. The molecule has 0 fully saturated rings. The van der Waals surface area contributed by atoms with E-state index in [1.807, 2.05) is 6.07 Å². The monoisotopic (exact) mass is 247 g/mol. The predicted molar refractivity (Wildman–Crippen MR) is 77.8 cm³/mol. The van der Waals surface area contributed by atoms with Gasteiger partial charge in [-0.25, -0.2) is 0 Å².